The van der Waals surface area contributed by atoms with Gasteiger partial charge in [-0.1, -0.05) is 18.2 Å². The third-order valence-corrected chi connectivity index (χ3v) is 3.50. The van der Waals surface area contributed by atoms with Gasteiger partial charge in [0, 0.05) is 17.7 Å². The predicted molar refractivity (Wildman–Crippen MR) is 88.6 cm³/mol. The van der Waals surface area contributed by atoms with Crippen LogP contribution in [0.25, 0.3) is 0 Å². The van der Waals surface area contributed by atoms with Gasteiger partial charge in [0.05, 0.1) is 24.5 Å². The second-order valence-electron chi connectivity index (χ2n) is 5.21. The number of amides is 1. The fourth-order valence-electron chi connectivity index (χ4n) is 2.29. The van der Waals surface area contributed by atoms with E-state index in [0.29, 0.717) is 16.9 Å². The van der Waals surface area contributed by atoms with E-state index in [0.717, 1.165) is 0 Å². The molecule has 2 aromatic carbocycles. The van der Waals surface area contributed by atoms with Gasteiger partial charge in [-0.2, -0.15) is 0 Å². The lowest BCUT2D eigenvalue weighted by atomic mass is 10.0. The summed E-state index contributed by atoms with van der Waals surface area (Å²) >= 11 is 0. The Hall–Kier alpha value is -3.42. The Labute approximate surface area is 143 Å². The lowest BCUT2D eigenvalue weighted by Crippen LogP contribution is -2.30. The normalized spacial score (nSPS) is 11.4. The highest BCUT2D eigenvalue weighted by Gasteiger charge is 2.21. The predicted octanol–water partition coefficient (Wildman–Crippen LogP) is 2.55. The van der Waals surface area contributed by atoms with Crippen molar-refractivity contribution in [2.75, 3.05) is 7.11 Å². The molecule has 130 valence electrons. The van der Waals surface area contributed by atoms with Crippen molar-refractivity contribution in [3.05, 3.63) is 69.8 Å². The molecule has 0 bridgehead atoms. The maximum Gasteiger partial charge on any atom is 0.305 e. The molecule has 2 rings (SSSR count). The summed E-state index contributed by atoms with van der Waals surface area (Å²) in [5.74, 6) is -1.16. The molecule has 8 heteroatoms. The van der Waals surface area contributed by atoms with E-state index in [-0.39, 0.29) is 5.69 Å². The first kappa shape index (κ1) is 17.9. The molecule has 1 atom stereocenters. The largest absolute Gasteiger partial charge is 0.497 e. The second-order valence-corrected chi connectivity index (χ2v) is 5.21. The number of nitrogens with one attached hydrogen (secondary N) is 1. The van der Waals surface area contributed by atoms with Crippen LogP contribution in [0.1, 0.15) is 28.4 Å². The first-order valence-electron chi connectivity index (χ1n) is 7.31. The Balaban J connectivity index is 2.28. The molecule has 0 unspecified atom stereocenters. The van der Waals surface area contributed by atoms with Gasteiger partial charge in [-0.3, -0.25) is 19.7 Å². The summed E-state index contributed by atoms with van der Waals surface area (Å²) in [5, 5.41) is 22.6. The fourth-order valence-corrected chi connectivity index (χ4v) is 2.29. The van der Waals surface area contributed by atoms with Crippen molar-refractivity contribution >= 4 is 17.6 Å². The molecular weight excluding hydrogens is 328 g/mol. The van der Waals surface area contributed by atoms with Crippen LogP contribution in [-0.2, 0) is 4.79 Å². The van der Waals surface area contributed by atoms with Crippen LogP contribution >= 0.6 is 0 Å². The number of ether oxygens (including phenoxy) is 1. The van der Waals surface area contributed by atoms with Crippen molar-refractivity contribution in [3.63, 3.8) is 0 Å². The van der Waals surface area contributed by atoms with E-state index in [1.165, 1.54) is 37.4 Å². The van der Waals surface area contributed by atoms with Crippen LogP contribution in [0.4, 0.5) is 5.69 Å². The molecule has 0 radical (unpaired) electrons. The standard InChI is InChI=1S/C17H16N2O6/c1-25-14-7-3-5-12(9-14)17(22)18-15(10-16(20)21)11-4-2-6-13(8-11)19(23)24/h2-9,15H,10H2,1H3,(H,18,22)(H,20,21)/t15-/m0/s1. The summed E-state index contributed by atoms with van der Waals surface area (Å²) in [4.78, 5) is 33.8. The van der Waals surface area contributed by atoms with E-state index in [1.54, 1.807) is 18.2 Å². The number of benzene rings is 2. The van der Waals surface area contributed by atoms with Gasteiger partial charge in [-0.05, 0) is 23.8 Å². The van der Waals surface area contributed by atoms with Crippen LogP contribution in [-0.4, -0.2) is 29.0 Å². The van der Waals surface area contributed by atoms with Crippen molar-refractivity contribution in [2.45, 2.75) is 12.5 Å². The second kappa shape index (κ2) is 7.91. The first-order chi connectivity index (χ1) is 11.9. The number of carbonyl (C=O) groups excluding carboxylic acids is 1. The zero-order valence-corrected chi connectivity index (χ0v) is 13.3. The Morgan fingerprint density at radius 1 is 1.24 bits per heavy atom. The molecule has 0 saturated carbocycles. The molecule has 0 heterocycles. The summed E-state index contributed by atoms with van der Waals surface area (Å²) in [6.45, 7) is 0. The minimum atomic E-state index is -1.14. The summed E-state index contributed by atoms with van der Waals surface area (Å²) in [5.41, 5.74) is 0.455. The number of carboxylic acid groups (broad SMARTS) is 1. The third-order valence-electron chi connectivity index (χ3n) is 3.50. The smallest absolute Gasteiger partial charge is 0.305 e. The summed E-state index contributed by atoms with van der Waals surface area (Å²) < 4.78 is 5.05. The highest BCUT2D eigenvalue weighted by molar-refractivity contribution is 5.95. The average molecular weight is 344 g/mol. The van der Waals surface area contributed by atoms with Crippen LogP contribution in [0.2, 0.25) is 0 Å². The molecule has 0 saturated heterocycles. The molecule has 2 aromatic rings. The van der Waals surface area contributed by atoms with Gasteiger partial charge in [0.25, 0.3) is 11.6 Å². The SMILES string of the molecule is COc1cccc(C(=O)N[C@@H](CC(=O)O)c2cccc([N+](=O)[O-])c2)c1. The average Bonchev–Trinajstić information content (AvgIpc) is 2.60. The molecule has 2 N–H and O–H groups in total. The van der Waals surface area contributed by atoms with Crippen molar-refractivity contribution < 1.29 is 24.4 Å². The number of nitro benzene ring substituents is 1. The molecule has 0 aliphatic heterocycles. The number of carbonyl (C=O) groups is 2. The number of hydrogen-bond acceptors (Lipinski definition) is 5. The van der Waals surface area contributed by atoms with Crippen LogP contribution in [0.5, 0.6) is 5.75 Å². The molecule has 0 spiro atoms. The van der Waals surface area contributed by atoms with Crippen molar-refractivity contribution in [1.29, 1.82) is 0 Å². The Morgan fingerprint density at radius 3 is 2.60 bits per heavy atom. The Morgan fingerprint density at radius 2 is 1.96 bits per heavy atom. The molecule has 0 aromatic heterocycles. The Bertz CT molecular complexity index is 805. The molecule has 0 aliphatic carbocycles. The van der Waals surface area contributed by atoms with Crippen molar-refractivity contribution in [2.24, 2.45) is 0 Å². The topological polar surface area (TPSA) is 119 Å². The lowest BCUT2D eigenvalue weighted by molar-refractivity contribution is -0.384. The van der Waals surface area contributed by atoms with Crippen LogP contribution in [0.15, 0.2) is 48.5 Å². The minimum absolute atomic E-state index is 0.177. The summed E-state index contributed by atoms with van der Waals surface area (Å²) in [6, 6.07) is 11.0. The van der Waals surface area contributed by atoms with E-state index >= 15 is 0 Å². The van der Waals surface area contributed by atoms with Gasteiger partial charge in [0.1, 0.15) is 5.75 Å². The summed E-state index contributed by atoms with van der Waals surface area (Å²) in [6.07, 6.45) is -0.406. The zero-order chi connectivity index (χ0) is 18.4. The third kappa shape index (κ3) is 4.77. The van der Waals surface area contributed by atoms with Gasteiger partial charge in [-0.25, -0.2) is 0 Å². The number of methoxy groups -OCH3 is 1. The van der Waals surface area contributed by atoms with Gasteiger partial charge < -0.3 is 15.2 Å². The number of rotatable bonds is 7. The maximum atomic E-state index is 12.4. The first-order valence-corrected chi connectivity index (χ1v) is 7.31. The number of aliphatic carboxylic acids is 1. The van der Waals surface area contributed by atoms with Crippen LogP contribution in [0.3, 0.4) is 0 Å². The van der Waals surface area contributed by atoms with Gasteiger partial charge in [0.15, 0.2) is 0 Å². The number of non-ortho nitro benzene ring substituents is 1. The highest BCUT2D eigenvalue weighted by atomic mass is 16.6. The van der Waals surface area contributed by atoms with Crippen molar-refractivity contribution in [3.8, 4) is 5.75 Å². The van der Waals surface area contributed by atoms with Gasteiger partial charge in [0.2, 0.25) is 0 Å². The number of nitrogens with zero attached hydrogens (tertiary/aromatic N) is 1. The van der Waals surface area contributed by atoms with E-state index in [9.17, 15) is 19.7 Å². The van der Waals surface area contributed by atoms with Crippen LogP contribution < -0.4 is 10.1 Å². The molecule has 0 aliphatic rings. The van der Waals surface area contributed by atoms with Gasteiger partial charge >= 0.3 is 5.97 Å². The van der Waals surface area contributed by atoms with Crippen molar-refractivity contribution in [1.82, 2.24) is 5.32 Å². The molecule has 8 nitrogen and oxygen atoms in total. The minimum Gasteiger partial charge on any atom is -0.497 e. The Kier molecular flexibility index (Phi) is 5.67. The monoisotopic (exact) mass is 344 g/mol. The number of hydrogen-bond donors (Lipinski definition) is 2. The number of carboxylic acids is 1. The fraction of sp³-hybridized carbons (Fsp3) is 0.176. The van der Waals surface area contributed by atoms with E-state index < -0.39 is 29.3 Å². The van der Waals surface area contributed by atoms with Gasteiger partial charge in [-0.15, -0.1) is 0 Å². The molecule has 1 amide bonds. The molecular formula is C17H16N2O6. The molecule has 25 heavy (non-hydrogen) atoms. The van der Waals surface area contributed by atoms with E-state index in [4.69, 9.17) is 9.84 Å². The highest BCUT2D eigenvalue weighted by Crippen LogP contribution is 2.23. The van der Waals surface area contributed by atoms with E-state index in [2.05, 4.69) is 5.32 Å². The lowest BCUT2D eigenvalue weighted by Gasteiger charge is -2.17. The summed E-state index contributed by atoms with van der Waals surface area (Å²) in [7, 11) is 1.47. The molecule has 0 fully saturated rings. The quantitative estimate of drug-likeness (QED) is 0.588. The zero-order valence-electron chi connectivity index (χ0n) is 13.3. The number of nitro groups is 1. The van der Waals surface area contributed by atoms with E-state index in [1.807, 2.05) is 0 Å². The maximum absolute atomic E-state index is 12.4. The van der Waals surface area contributed by atoms with Crippen LogP contribution in [0, 0.1) is 10.1 Å².